The van der Waals surface area contributed by atoms with Crippen molar-refractivity contribution >= 4 is 44.6 Å². The van der Waals surface area contributed by atoms with Crippen molar-refractivity contribution in [2.75, 3.05) is 25.6 Å². The van der Waals surface area contributed by atoms with E-state index in [1.807, 2.05) is 0 Å². The first kappa shape index (κ1) is 14.6. The van der Waals surface area contributed by atoms with Crippen molar-refractivity contribution in [2.45, 2.75) is 17.2 Å². The SMILES string of the molecule is Cc1cc(S(=O)(=O)N2CCOC(CCl)C2)sc1Cl. The van der Waals surface area contributed by atoms with Crippen LogP contribution in [0.3, 0.4) is 0 Å². The maximum atomic E-state index is 12.4. The summed E-state index contributed by atoms with van der Waals surface area (Å²) in [6.07, 6.45) is -0.244. The van der Waals surface area contributed by atoms with Crippen LogP contribution in [0.1, 0.15) is 5.56 Å². The summed E-state index contributed by atoms with van der Waals surface area (Å²) in [6.45, 7) is 2.80. The zero-order chi connectivity index (χ0) is 13.3. The molecule has 0 aromatic carbocycles. The fourth-order valence-corrected chi connectivity index (χ4v) is 5.20. The molecular weight excluding hydrogens is 317 g/mol. The van der Waals surface area contributed by atoms with Crippen LogP contribution in [0.2, 0.25) is 4.34 Å². The monoisotopic (exact) mass is 329 g/mol. The van der Waals surface area contributed by atoms with Crippen LogP contribution in [0.25, 0.3) is 0 Å². The van der Waals surface area contributed by atoms with E-state index in [4.69, 9.17) is 27.9 Å². The Kier molecular flexibility index (Phi) is 4.57. The lowest BCUT2D eigenvalue weighted by molar-refractivity contribution is 0.0123. The van der Waals surface area contributed by atoms with E-state index in [1.165, 1.54) is 4.31 Å². The van der Waals surface area contributed by atoms with Crippen LogP contribution in [-0.4, -0.2) is 44.4 Å². The summed E-state index contributed by atoms with van der Waals surface area (Å²) < 4.78 is 32.3. The van der Waals surface area contributed by atoms with E-state index in [-0.39, 0.29) is 16.2 Å². The van der Waals surface area contributed by atoms with Gasteiger partial charge < -0.3 is 4.74 Å². The van der Waals surface area contributed by atoms with Gasteiger partial charge in [-0.15, -0.1) is 22.9 Å². The fourth-order valence-electron chi connectivity index (χ4n) is 1.69. The summed E-state index contributed by atoms with van der Waals surface area (Å²) in [5.41, 5.74) is 0.780. The molecule has 1 aromatic rings. The van der Waals surface area contributed by atoms with Gasteiger partial charge in [0, 0.05) is 19.0 Å². The van der Waals surface area contributed by atoms with Crippen molar-refractivity contribution in [1.82, 2.24) is 4.31 Å². The Bertz CT molecular complexity index is 510. The minimum absolute atomic E-state index is 0.244. The molecule has 0 saturated carbocycles. The molecule has 2 rings (SSSR count). The second kappa shape index (κ2) is 5.64. The molecule has 0 amide bonds. The highest BCUT2D eigenvalue weighted by Crippen LogP contribution is 2.32. The molecule has 18 heavy (non-hydrogen) atoms. The number of ether oxygens (including phenoxy) is 1. The molecular formula is C10H13Cl2NO3S2. The average Bonchev–Trinajstić information content (AvgIpc) is 2.70. The molecule has 8 heteroatoms. The number of halogens is 2. The minimum Gasteiger partial charge on any atom is -0.374 e. The van der Waals surface area contributed by atoms with Gasteiger partial charge in [-0.1, -0.05) is 11.6 Å². The molecule has 0 radical (unpaired) electrons. The first-order chi connectivity index (χ1) is 8.45. The number of thiophene rings is 1. The molecule has 0 N–H and O–H groups in total. The van der Waals surface area contributed by atoms with Crippen molar-refractivity contribution in [3.05, 3.63) is 16.0 Å². The highest BCUT2D eigenvalue weighted by atomic mass is 35.5. The van der Waals surface area contributed by atoms with Gasteiger partial charge in [-0.05, 0) is 18.6 Å². The zero-order valence-electron chi connectivity index (χ0n) is 9.73. The minimum atomic E-state index is -3.48. The third-order valence-electron chi connectivity index (χ3n) is 2.70. The van der Waals surface area contributed by atoms with E-state index in [0.717, 1.165) is 16.9 Å². The molecule has 1 aromatic heterocycles. The van der Waals surface area contributed by atoms with Crippen LogP contribution in [0.4, 0.5) is 0 Å². The quantitative estimate of drug-likeness (QED) is 0.799. The number of nitrogens with zero attached hydrogens (tertiary/aromatic N) is 1. The normalized spacial score (nSPS) is 22.3. The number of sulfonamides is 1. The first-order valence-electron chi connectivity index (χ1n) is 5.39. The second-order valence-electron chi connectivity index (χ2n) is 4.03. The van der Waals surface area contributed by atoms with E-state index in [9.17, 15) is 8.42 Å². The van der Waals surface area contributed by atoms with E-state index >= 15 is 0 Å². The third-order valence-corrected chi connectivity index (χ3v) is 6.92. The fraction of sp³-hybridized carbons (Fsp3) is 0.600. The molecule has 0 spiro atoms. The van der Waals surface area contributed by atoms with Gasteiger partial charge in [0.15, 0.2) is 0 Å². The van der Waals surface area contributed by atoms with Gasteiger partial charge in [0.1, 0.15) is 4.21 Å². The van der Waals surface area contributed by atoms with E-state index in [1.54, 1.807) is 13.0 Å². The lowest BCUT2D eigenvalue weighted by Gasteiger charge is -2.30. The Morgan fingerprint density at radius 2 is 2.33 bits per heavy atom. The molecule has 0 aliphatic carbocycles. The van der Waals surface area contributed by atoms with Crippen molar-refractivity contribution in [2.24, 2.45) is 0 Å². The van der Waals surface area contributed by atoms with Gasteiger partial charge >= 0.3 is 0 Å². The van der Waals surface area contributed by atoms with E-state index in [2.05, 4.69) is 0 Å². The van der Waals surface area contributed by atoms with E-state index < -0.39 is 10.0 Å². The topological polar surface area (TPSA) is 46.6 Å². The number of rotatable bonds is 3. The molecule has 1 aliphatic rings. The molecule has 1 fully saturated rings. The standard InChI is InChI=1S/C10H13Cl2NO3S2/c1-7-4-9(17-10(7)12)18(14,15)13-2-3-16-8(5-11)6-13/h4,8H,2-3,5-6H2,1H3. The second-order valence-corrected chi connectivity index (χ2v) is 8.16. The predicted octanol–water partition coefficient (Wildman–Crippen LogP) is 2.34. The van der Waals surface area contributed by atoms with Gasteiger partial charge in [0.25, 0.3) is 10.0 Å². The predicted molar refractivity (Wildman–Crippen MR) is 73.3 cm³/mol. The van der Waals surface area contributed by atoms with Crippen LogP contribution in [0, 0.1) is 6.92 Å². The Morgan fingerprint density at radius 3 is 2.89 bits per heavy atom. The Labute approximate surface area is 120 Å². The summed E-state index contributed by atoms with van der Waals surface area (Å²) in [5.74, 6) is 0.288. The largest absolute Gasteiger partial charge is 0.374 e. The summed E-state index contributed by atoms with van der Waals surface area (Å²) in [4.78, 5) is 0. The smallest absolute Gasteiger partial charge is 0.252 e. The molecule has 1 unspecified atom stereocenters. The molecule has 1 aliphatic heterocycles. The van der Waals surface area contributed by atoms with Crippen LogP contribution in [-0.2, 0) is 14.8 Å². The van der Waals surface area contributed by atoms with Crippen LogP contribution in [0.5, 0.6) is 0 Å². The maximum absolute atomic E-state index is 12.4. The lowest BCUT2D eigenvalue weighted by Crippen LogP contribution is -2.45. The summed E-state index contributed by atoms with van der Waals surface area (Å²) in [5, 5.41) is 0. The van der Waals surface area contributed by atoms with Gasteiger partial charge in [-0.3, -0.25) is 0 Å². The van der Waals surface area contributed by atoms with Gasteiger partial charge in [0.2, 0.25) is 0 Å². The maximum Gasteiger partial charge on any atom is 0.252 e. The number of hydrogen-bond donors (Lipinski definition) is 0. The van der Waals surface area contributed by atoms with Crippen molar-refractivity contribution < 1.29 is 13.2 Å². The molecule has 0 bridgehead atoms. The first-order valence-corrected chi connectivity index (χ1v) is 8.55. The highest BCUT2D eigenvalue weighted by molar-refractivity contribution is 7.91. The molecule has 1 atom stereocenters. The number of hydrogen-bond acceptors (Lipinski definition) is 4. The van der Waals surface area contributed by atoms with Crippen molar-refractivity contribution in [3.8, 4) is 0 Å². The van der Waals surface area contributed by atoms with Crippen molar-refractivity contribution in [1.29, 1.82) is 0 Å². The number of alkyl halides is 1. The zero-order valence-corrected chi connectivity index (χ0v) is 12.9. The Morgan fingerprint density at radius 1 is 1.61 bits per heavy atom. The summed E-state index contributed by atoms with van der Waals surface area (Å²) >= 11 is 12.7. The summed E-state index contributed by atoms with van der Waals surface area (Å²) in [6, 6.07) is 1.60. The molecule has 1 saturated heterocycles. The molecule has 102 valence electrons. The Hall–Kier alpha value is 0.150. The van der Waals surface area contributed by atoms with Gasteiger partial charge in [-0.25, -0.2) is 8.42 Å². The molecule has 4 nitrogen and oxygen atoms in total. The van der Waals surface area contributed by atoms with Crippen LogP contribution >= 0.6 is 34.5 Å². The van der Waals surface area contributed by atoms with E-state index in [0.29, 0.717) is 24.0 Å². The van der Waals surface area contributed by atoms with Crippen LogP contribution < -0.4 is 0 Å². The van der Waals surface area contributed by atoms with Gasteiger partial charge in [0.05, 0.1) is 17.0 Å². The highest BCUT2D eigenvalue weighted by Gasteiger charge is 2.31. The van der Waals surface area contributed by atoms with Gasteiger partial charge in [-0.2, -0.15) is 4.31 Å². The van der Waals surface area contributed by atoms with Crippen molar-refractivity contribution in [3.63, 3.8) is 0 Å². The lowest BCUT2D eigenvalue weighted by atomic mass is 10.3. The third kappa shape index (κ3) is 2.84. The Balaban J connectivity index is 2.25. The summed E-state index contributed by atoms with van der Waals surface area (Å²) in [7, 11) is -3.48. The van der Waals surface area contributed by atoms with Crippen LogP contribution in [0.15, 0.2) is 10.3 Å². The number of morpholine rings is 1. The molecule has 2 heterocycles. The number of aryl methyl sites for hydroxylation is 1. The average molecular weight is 330 g/mol.